The molecule has 2 aliphatic rings. The monoisotopic (exact) mass is 484 g/mol. The molecule has 1 fully saturated rings. The summed E-state index contributed by atoms with van der Waals surface area (Å²) in [5, 5.41) is 0. The summed E-state index contributed by atoms with van der Waals surface area (Å²) < 4.78 is 39.6. The molecule has 12 heteroatoms. The third-order valence-electron chi connectivity index (χ3n) is 6.31. The van der Waals surface area contributed by atoms with E-state index in [4.69, 9.17) is 0 Å². The first-order valence-electron chi connectivity index (χ1n) is 11.1. The lowest BCUT2D eigenvalue weighted by Gasteiger charge is -2.37. The maximum Gasteiger partial charge on any atom is 0.216 e. The number of hydrogen-bond acceptors (Lipinski definition) is 9. The van der Waals surface area contributed by atoms with Gasteiger partial charge in [-0.15, -0.1) is 0 Å². The number of rotatable bonds is 4. The molecule has 0 aromatic carbocycles. The van der Waals surface area contributed by atoms with Crippen LogP contribution in [0.1, 0.15) is 24.2 Å². The van der Waals surface area contributed by atoms with Crippen LogP contribution in [0.4, 0.5) is 15.9 Å². The molecule has 0 radical (unpaired) electrons. The van der Waals surface area contributed by atoms with Gasteiger partial charge in [0.25, 0.3) is 0 Å². The van der Waals surface area contributed by atoms with Crippen LogP contribution in [0.3, 0.4) is 0 Å². The standard InChI is InChI=1S/C22H25FN8O2S/c1-15-17-14-26-22(21-24-5-3-6-25-21)27-18(17)4-7-31(15)20-13-16(12-19(23)28-20)29-8-10-30(11-9-29)34(2,32)33/h3,5-6,12-15H,4,7-11H2,1-2H3. The van der Waals surface area contributed by atoms with Crippen LogP contribution in [-0.2, 0) is 16.4 Å². The van der Waals surface area contributed by atoms with Gasteiger partial charge in [0, 0.05) is 81.1 Å². The van der Waals surface area contributed by atoms with E-state index in [2.05, 4.69) is 24.9 Å². The van der Waals surface area contributed by atoms with Crippen LogP contribution in [0, 0.1) is 5.95 Å². The van der Waals surface area contributed by atoms with Gasteiger partial charge < -0.3 is 9.80 Å². The smallest absolute Gasteiger partial charge is 0.216 e. The predicted molar refractivity (Wildman–Crippen MR) is 125 cm³/mol. The van der Waals surface area contributed by atoms with Gasteiger partial charge in [0.15, 0.2) is 11.6 Å². The van der Waals surface area contributed by atoms with E-state index >= 15 is 0 Å². The largest absolute Gasteiger partial charge is 0.369 e. The van der Waals surface area contributed by atoms with E-state index in [1.807, 2.05) is 22.8 Å². The van der Waals surface area contributed by atoms with Crippen molar-refractivity contribution >= 4 is 21.5 Å². The van der Waals surface area contributed by atoms with Crippen molar-refractivity contribution in [3.05, 3.63) is 54.0 Å². The molecular weight excluding hydrogens is 459 g/mol. The highest BCUT2D eigenvalue weighted by atomic mass is 32.2. The lowest BCUT2D eigenvalue weighted by atomic mass is 9.99. The molecule has 0 bridgehead atoms. The number of aromatic nitrogens is 5. The zero-order valence-electron chi connectivity index (χ0n) is 19.0. The number of piperazine rings is 1. The third-order valence-corrected chi connectivity index (χ3v) is 7.61. The molecule has 1 atom stereocenters. The Morgan fingerprint density at radius 2 is 1.71 bits per heavy atom. The molecule has 3 aromatic rings. The minimum atomic E-state index is -3.23. The Labute approximate surface area is 197 Å². The fourth-order valence-electron chi connectivity index (χ4n) is 4.48. The van der Waals surface area contributed by atoms with E-state index in [1.165, 1.54) is 16.6 Å². The lowest BCUT2D eigenvalue weighted by Crippen LogP contribution is -2.48. The summed E-state index contributed by atoms with van der Waals surface area (Å²) in [6.45, 7) is 4.38. The summed E-state index contributed by atoms with van der Waals surface area (Å²) in [6, 6.07) is 4.91. The lowest BCUT2D eigenvalue weighted by molar-refractivity contribution is 0.387. The predicted octanol–water partition coefficient (Wildman–Crippen LogP) is 1.67. The number of nitrogens with zero attached hydrogens (tertiary/aromatic N) is 8. The maximum atomic E-state index is 14.6. The van der Waals surface area contributed by atoms with Gasteiger partial charge in [-0.2, -0.15) is 8.70 Å². The van der Waals surface area contributed by atoms with E-state index in [1.54, 1.807) is 24.7 Å². The van der Waals surface area contributed by atoms with Crippen molar-refractivity contribution in [3.63, 3.8) is 0 Å². The minimum Gasteiger partial charge on any atom is -0.369 e. The second-order valence-corrected chi connectivity index (χ2v) is 10.4. The maximum absolute atomic E-state index is 14.6. The first kappa shape index (κ1) is 22.5. The molecule has 0 amide bonds. The summed E-state index contributed by atoms with van der Waals surface area (Å²) in [6.07, 6.45) is 6.97. The summed E-state index contributed by atoms with van der Waals surface area (Å²) in [7, 11) is -3.23. The number of halogens is 1. The zero-order valence-corrected chi connectivity index (χ0v) is 19.8. The summed E-state index contributed by atoms with van der Waals surface area (Å²) in [5.41, 5.74) is 2.58. The van der Waals surface area contributed by atoms with Crippen LogP contribution < -0.4 is 9.80 Å². The van der Waals surface area contributed by atoms with E-state index in [0.717, 1.165) is 11.3 Å². The number of sulfonamides is 1. The van der Waals surface area contributed by atoms with Crippen molar-refractivity contribution < 1.29 is 12.8 Å². The summed E-state index contributed by atoms with van der Waals surface area (Å²) in [4.78, 5) is 25.8. The Kier molecular flexibility index (Phi) is 5.86. The Morgan fingerprint density at radius 3 is 2.41 bits per heavy atom. The first-order chi connectivity index (χ1) is 16.3. The third kappa shape index (κ3) is 4.42. The molecule has 1 unspecified atom stereocenters. The van der Waals surface area contributed by atoms with Crippen molar-refractivity contribution in [2.75, 3.05) is 48.8 Å². The Morgan fingerprint density at radius 1 is 0.971 bits per heavy atom. The molecule has 178 valence electrons. The van der Waals surface area contributed by atoms with Gasteiger partial charge in [0.1, 0.15) is 5.82 Å². The van der Waals surface area contributed by atoms with Crippen molar-refractivity contribution in [1.29, 1.82) is 0 Å². The van der Waals surface area contributed by atoms with Gasteiger partial charge in [-0.05, 0) is 13.0 Å². The molecule has 2 aliphatic heterocycles. The van der Waals surface area contributed by atoms with Gasteiger partial charge in [0.05, 0.1) is 18.0 Å². The van der Waals surface area contributed by atoms with Gasteiger partial charge in [-0.3, -0.25) is 0 Å². The van der Waals surface area contributed by atoms with Crippen LogP contribution in [-0.4, -0.2) is 76.6 Å². The molecule has 0 aliphatic carbocycles. The van der Waals surface area contributed by atoms with E-state index in [0.29, 0.717) is 62.3 Å². The number of anilines is 2. The van der Waals surface area contributed by atoms with Gasteiger partial charge in [-0.1, -0.05) is 0 Å². The van der Waals surface area contributed by atoms with Crippen molar-refractivity contribution in [3.8, 4) is 11.6 Å². The number of pyridine rings is 1. The fraction of sp³-hybridized carbons (Fsp3) is 0.409. The number of fused-ring (bicyclic) bond motifs is 1. The highest BCUT2D eigenvalue weighted by Crippen LogP contribution is 2.34. The molecule has 0 saturated carbocycles. The molecule has 3 aromatic heterocycles. The van der Waals surface area contributed by atoms with E-state index in [-0.39, 0.29) is 6.04 Å². The molecular formula is C22H25FN8O2S. The van der Waals surface area contributed by atoms with Gasteiger partial charge in [0.2, 0.25) is 16.0 Å². The Bertz CT molecular complexity index is 1300. The van der Waals surface area contributed by atoms with Crippen LogP contribution in [0.5, 0.6) is 0 Å². The molecule has 10 nitrogen and oxygen atoms in total. The second-order valence-electron chi connectivity index (χ2n) is 8.44. The van der Waals surface area contributed by atoms with Gasteiger partial charge >= 0.3 is 0 Å². The molecule has 1 saturated heterocycles. The average molecular weight is 485 g/mol. The SMILES string of the molecule is CC1c2cnc(-c3ncccn3)nc2CCN1c1cc(N2CCN(S(C)(=O)=O)CC2)cc(F)n1. The molecule has 0 N–H and O–H groups in total. The van der Waals surface area contributed by atoms with Crippen molar-refractivity contribution in [2.45, 2.75) is 19.4 Å². The topological polar surface area (TPSA) is 108 Å². The second kappa shape index (κ2) is 8.84. The molecule has 5 heterocycles. The molecule has 5 rings (SSSR count). The van der Waals surface area contributed by atoms with Crippen LogP contribution in [0.25, 0.3) is 11.6 Å². The molecule has 0 spiro atoms. The summed E-state index contributed by atoms with van der Waals surface area (Å²) >= 11 is 0. The Balaban J connectivity index is 1.38. The average Bonchev–Trinajstić information content (AvgIpc) is 2.84. The quantitative estimate of drug-likeness (QED) is 0.511. The molecule has 34 heavy (non-hydrogen) atoms. The van der Waals surface area contributed by atoms with Crippen molar-refractivity contribution in [1.82, 2.24) is 29.2 Å². The van der Waals surface area contributed by atoms with Gasteiger partial charge in [-0.25, -0.2) is 33.3 Å². The van der Waals surface area contributed by atoms with E-state index in [9.17, 15) is 12.8 Å². The minimum absolute atomic E-state index is 0.0984. The first-order valence-corrected chi connectivity index (χ1v) is 12.9. The summed E-state index contributed by atoms with van der Waals surface area (Å²) in [5.74, 6) is 0.935. The van der Waals surface area contributed by atoms with Crippen LogP contribution in [0.2, 0.25) is 0 Å². The van der Waals surface area contributed by atoms with Crippen molar-refractivity contribution in [2.24, 2.45) is 0 Å². The Hall–Kier alpha value is -3.25. The number of hydrogen-bond donors (Lipinski definition) is 0. The van der Waals surface area contributed by atoms with Crippen LogP contribution >= 0.6 is 0 Å². The highest BCUT2D eigenvalue weighted by molar-refractivity contribution is 7.88. The van der Waals surface area contributed by atoms with E-state index < -0.39 is 16.0 Å². The fourth-order valence-corrected chi connectivity index (χ4v) is 5.30. The normalized spacial score (nSPS) is 19.2. The van der Waals surface area contributed by atoms with Crippen LogP contribution in [0.15, 0.2) is 36.8 Å². The zero-order chi connectivity index (χ0) is 23.9. The highest BCUT2D eigenvalue weighted by Gasteiger charge is 2.29.